The second-order valence-corrected chi connectivity index (χ2v) is 12.1. The fourth-order valence-corrected chi connectivity index (χ4v) is 6.92. The average molecular weight is 582 g/mol. The Balaban J connectivity index is 0.00000420. The van der Waals surface area contributed by atoms with Crippen molar-refractivity contribution in [3.8, 4) is 0 Å². The highest BCUT2D eigenvalue weighted by Gasteiger charge is 2.37. The molecule has 39 heavy (non-hydrogen) atoms. The fraction of sp³-hybridized carbons (Fsp3) is 0.742. The molecular weight excluding hydrogens is 531 g/mol. The van der Waals surface area contributed by atoms with Crippen LogP contribution in [0.2, 0.25) is 5.02 Å². The Hall–Kier alpha value is -1.34. The van der Waals surface area contributed by atoms with E-state index in [0.29, 0.717) is 24.4 Å². The Morgan fingerprint density at radius 2 is 1.54 bits per heavy atom. The molecule has 6 nitrogen and oxygen atoms in total. The third kappa shape index (κ3) is 8.82. The molecule has 1 aliphatic carbocycles. The summed E-state index contributed by atoms with van der Waals surface area (Å²) in [5, 5.41) is 7.86. The van der Waals surface area contributed by atoms with Crippen LogP contribution >= 0.6 is 24.0 Å². The smallest absolute Gasteiger partial charge is 0.240 e. The van der Waals surface area contributed by atoms with Crippen LogP contribution in [0.4, 0.5) is 0 Å². The molecule has 0 aromatic heterocycles. The molecule has 1 saturated carbocycles. The minimum absolute atomic E-state index is 0. The molecule has 4 rings (SSSR count). The number of benzene rings is 1. The summed E-state index contributed by atoms with van der Waals surface area (Å²) in [6.45, 7) is 7.73. The molecular formula is C31H50Cl2N4O2. The van der Waals surface area contributed by atoms with Crippen LogP contribution < -0.4 is 10.6 Å². The Morgan fingerprint density at radius 1 is 0.949 bits per heavy atom. The Morgan fingerprint density at radius 3 is 2.13 bits per heavy atom. The first-order valence-electron chi connectivity index (χ1n) is 15.3. The van der Waals surface area contributed by atoms with Crippen molar-refractivity contribution < 1.29 is 9.59 Å². The van der Waals surface area contributed by atoms with Crippen LogP contribution in [0, 0.1) is 5.92 Å². The zero-order chi connectivity index (χ0) is 26.9. The van der Waals surface area contributed by atoms with E-state index in [2.05, 4.69) is 34.3 Å². The van der Waals surface area contributed by atoms with Crippen LogP contribution in [0.5, 0.6) is 0 Å². The fourth-order valence-electron chi connectivity index (χ4n) is 6.80. The van der Waals surface area contributed by atoms with Crippen molar-refractivity contribution in [2.75, 3.05) is 26.2 Å². The number of nitrogens with one attached hydrogen (secondary N) is 2. The maximum absolute atomic E-state index is 13.9. The van der Waals surface area contributed by atoms with Crippen molar-refractivity contribution in [3.05, 3.63) is 34.9 Å². The van der Waals surface area contributed by atoms with E-state index in [1.54, 1.807) is 0 Å². The van der Waals surface area contributed by atoms with Crippen LogP contribution in [0.25, 0.3) is 0 Å². The number of carbonyl (C=O) groups excluding carboxylic acids is 2. The van der Waals surface area contributed by atoms with Crippen LogP contribution in [0.3, 0.4) is 0 Å². The monoisotopic (exact) mass is 580 g/mol. The van der Waals surface area contributed by atoms with Gasteiger partial charge in [0.05, 0.1) is 6.04 Å². The van der Waals surface area contributed by atoms with Crippen molar-refractivity contribution in [2.45, 2.75) is 115 Å². The van der Waals surface area contributed by atoms with Gasteiger partial charge in [-0.2, -0.15) is 0 Å². The predicted octanol–water partition coefficient (Wildman–Crippen LogP) is 5.60. The molecule has 1 atom stereocenters. The first kappa shape index (κ1) is 32.2. The zero-order valence-electron chi connectivity index (χ0n) is 24.0. The molecule has 1 aromatic carbocycles. The van der Waals surface area contributed by atoms with Gasteiger partial charge in [-0.25, -0.2) is 0 Å². The number of rotatable bonds is 10. The molecule has 0 radical (unpaired) electrons. The van der Waals surface area contributed by atoms with E-state index in [9.17, 15) is 9.59 Å². The minimum atomic E-state index is -0.239. The third-order valence-electron chi connectivity index (χ3n) is 9.15. The van der Waals surface area contributed by atoms with E-state index in [1.807, 2.05) is 24.3 Å². The average Bonchev–Trinajstić information content (AvgIpc) is 2.96. The van der Waals surface area contributed by atoms with Gasteiger partial charge in [-0.1, -0.05) is 56.8 Å². The summed E-state index contributed by atoms with van der Waals surface area (Å²) in [5.41, 5.74) is 1.13. The van der Waals surface area contributed by atoms with E-state index in [4.69, 9.17) is 11.6 Å². The Kier molecular flexibility index (Phi) is 13.4. The number of halogens is 2. The highest BCUT2D eigenvalue weighted by Crippen LogP contribution is 2.31. The molecule has 2 heterocycles. The maximum Gasteiger partial charge on any atom is 0.240 e. The maximum atomic E-state index is 13.9. The van der Waals surface area contributed by atoms with Crippen LogP contribution in [0.15, 0.2) is 24.3 Å². The van der Waals surface area contributed by atoms with Crippen molar-refractivity contribution in [1.82, 2.24) is 20.4 Å². The molecule has 8 heteroatoms. The molecule has 220 valence electrons. The summed E-state index contributed by atoms with van der Waals surface area (Å²) in [6, 6.07) is 8.63. The largest absolute Gasteiger partial charge is 0.341 e. The molecule has 2 aliphatic heterocycles. The number of carbonyl (C=O) groups is 2. The normalized spacial score (nSPS) is 20.5. The summed E-state index contributed by atoms with van der Waals surface area (Å²) >= 11 is 6.12. The van der Waals surface area contributed by atoms with Crippen molar-refractivity contribution in [2.24, 2.45) is 5.92 Å². The Bertz CT molecular complexity index is 875. The van der Waals surface area contributed by atoms with Gasteiger partial charge in [0, 0.05) is 42.2 Å². The van der Waals surface area contributed by atoms with Gasteiger partial charge >= 0.3 is 0 Å². The lowest BCUT2D eigenvalue weighted by molar-refractivity contribution is -0.144. The summed E-state index contributed by atoms with van der Waals surface area (Å²) in [4.78, 5) is 32.0. The summed E-state index contributed by atoms with van der Waals surface area (Å²) in [7, 11) is 0. The lowest BCUT2D eigenvalue weighted by Gasteiger charge is -2.45. The first-order chi connectivity index (χ1) is 18.5. The molecule has 0 bridgehead atoms. The standard InChI is InChI=1S/C31H49ClN4O2.ClH/c1-3-24(4-2)30(37)36(27-8-6-5-7-9-27)28-16-20-35(21-17-28)31(38)29(34-26-14-18-33-19-15-26)22-23-10-12-25(32)13-11-23;/h10-13,24,26-29,33-34H,3-9,14-22H2,1-2H3;1H/t29-;/m1./s1. The van der Waals surface area contributed by atoms with Gasteiger partial charge in [-0.3, -0.25) is 9.59 Å². The van der Waals surface area contributed by atoms with Gasteiger partial charge in [0.15, 0.2) is 0 Å². The van der Waals surface area contributed by atoms with Crippen LogP contribution in [-0.2, 0) is 16.0 Å². The van der Waals surface area contributed by atoms with Gasteiger partial charge in [-0.15, -0.1) is 12.4 Å². The number of piperidine rings is 2. The van der Waals surface area contributed by atoms with E-state index < -0.39 is 0 Å². The predicted molar refractivity (Wildman–Crippen MR) is 163 cm³/mol. The molecule has 3 fully saturated rings. The van der Waals surface area contributed by atoms with E-state index in [-0.39, 0.29) is 36.3 Å². The van der Waals surface area contributed by atoms with E-state index in [1.165, 1.54) is 19.3 Å². The zero-order valence-corrected chi connectivity index (χ0v) is 25.6. The Labute approximate surface area is 247 Å². The lowest BCUT2D eigenvalue weighted by Crippen LogP contribution is -2.57. The number of hydrogen-bond donors (Lipinski definition) is 2. The van der Waals surface area contributed by atoms with Crippen molar-refractivity contribution >= 4 is 35.8 Å². The quantitative estimate of drug-likeness (QED) is 0.378. The minimum Gasteiger partial charge on any atom is -0.341 e. The molecule has 0 unspecified atom stereocenters. The summed E-state index contributed by atoms with van der Waals surface area (Å²) < 4.78 is 0. The summed E-state index contributed by atoms with van der Waals surface area (Å²) in [6.07, 6.45) is 12.3. The highest BCUT2D eigenvalue weighted by atomic mass is 35.5. The van der Waals surface area contributed by atoms with Gasteiger partial charge in [0.1, 0.15) is 0 Å². The number of hydrogen-bond acceptors (Lipinski definition) is 4. The van der Waals surface area contributed by atoms with Crippen molar-refractivity contribution in [1.29, 1.82) is 0 Å². The lowest BCUT2D eigenvalue weighted by atomic mass is 9.89. The molecule has 2 amide bonds. The summed E-state index contributed by atoms with van der Waals surface area (Å²) in [5.74, 6) is 0.682. The number of amides is 2. The van der Waals surface area contributed by atoms with Gasteiger partial charge in [0.2, 0.25) is 11.8 Å². The number of likely N-dealkylation sites (tertiary alicyclic amines) is 1. The second kappa shape index (κ2) is 16.2. The topological polar surface area (TPSA) is 64.7 Å². The molecule has 1 aromatic rings. The molecule has 2 N–H and O–H groups in total. The SMILES string of the molecule is CCC(CC)C(=O)N(C1CCCCC1)C1CCN(C(=O)[C@@H](Cc2ccc(Cl)cc2)NC2CCNCC2)CC1.Cl. The first-order valence-corrected chi connectivity index (χ1v) is 15.7. The van der Waals surface area contributed by atoms with E-state index in [0.717, 1.165) is 88.1 Å². The number of nitrogens with zero attached hydrogens (tertiary/aromatic N) is 2. The van der Waals surface area contributed by atoms with Gasteiger partial charge in [-0.05, 0) is 88.6 Å². The molecule has 0 spiro atoms. The van der Waals surface area contributed by atoms with E-state index >= 15 is 0 Å². The third-order valence-corrected chi connectivity index (χ3v) is 9.41. The molecule has 3 aliphatic rings. The highest BCUT2D eigenvalue weighted by molar-refractivity contribution is 6.30. The van der Waals surface area contributed by atoms with Crippen LogP contribution in [-0.4, -0.2) is 72.0 Å². The van der Waals surface area contributed by atoms with Crippen LogP contribution in [0.1, 0.15) is 90.0 Å². The van der Waals surface area contributed by atoms with Gasteiger partial charge < -0.3 is 20.4 Å². The van der Waals surface area contributed by atoms with Gasteiger partial charge in [0.25, 0.3) is 0 Å². The second-order valence-electron chi connectivity index (χ2n) is 11.7. The van der Waals surface area contributed by atoms with Crippen molar-refractivity contribution in [3.63, 3.8) is 0 Å². The molecule has 2 saturated heterocycles.